The molecule has 3 atom stereocenters. The number of hydrogen-bond donors (Lipinski definition) is 3. The molecule has 2 aromatic carbocycles. The topological polar surface area (TPSA) is 142 Å². The molecule has 0 radical (unpaired) electrons. The van der Waals surface area contributed by atoms with Crippen molar-refractivity contribution in [2.75, 3.05) is 13.2 Å². The number of β-amino-alcohol motifs (C(OH)–C–C–N with tert-alkyl or cyclic N) is 1. The van der Waals surface area contributed by atoms with E-state index in [-0.39, 0.29) is 24.8 Å². The van der Waals surface area contributed by atoms with Gasteiger partial charge in [0.2, 0.25) is 5.91 Å². The smallest absolute Gasteiger partial charge is 0.326 e. The van der Waals surface area contributed by atoms with Crippen molar-refractivity contribution < 1.29 is 29.3 Å². The normalized spacial score (nSPS) is 16.5. The van der Waals surface area contributed by atoms with E-state index in [9.17, 15) is 24.6 Å². The zero-order chi connectivity index (χ0) is 36.5. The number of amides is 2. The molecule has 2 aromatic heterocycles. The molecule has 0 unspecified atom stereocenters. The molecule has 4 aromatic rings. The van der Waals surface area contributed by atoms with Crippen molar-refractivity contribution in [2.45, 2.75) is 96.2 Å². The van der Waals surface area contributed by atoms with Crippen LogP contribution in [0.15, 0.2) is 73.1 Å². The zero-order valence-electron chi connectivity index (χ0n) is 29.8. The molecular weight excluding hydrogens is 665 g/mol. The first-order valence-electron chi connectivity index (χ1n) is 17.7. The summed E-state index contributed by atoms with van der Waals surface area (Å²) in [6, 6.07) is 16.8. The Bertz CT molecular complexity index is 1770. The van der Waals surface area contributed by atoms with Crippen molar-refractivity contribution in [1.29, 1.82) is 0 Å². The molecule has 1 fully saturated rings. The number of aliphatic hydroxyl groups excluding tert-OH is 1. The van der Waals surface area contributed by atoms with Gasteiger partial charge in [-0.05, 0) is 47.2 Å². The Morgan fingerprint density at radius 3 is 2.22 bits per heavy atom. The van der Waals surface area contributed by atoms with Crippen molar-refractivity contribution in [3.8, 4) is 28.3 Å². The summed E-state index contributed by atoms with van der Waals surface area (Å²) < 4.78 is 5.89. The van der Waals surface area contributed by atoms with Gasteiger partial charge in [0.05, 0.1) is 17.6 Å². The third kappa shape index (κ3) is 10.0. The van der Waals surface area contributed by atoms with Crippen molar-refractivity contribution in [2.24, 2.45) is 0 Å². The van der Waals surface area contributed by atoms with Crippen LogP contribution in [0.1, 0.15) is 86.3 Å². The number of rotatable bonds is 15. The Balaban J connectivity index is 1.26. The summed E-state index contributed by atoms with van der Waals surface area (Å²) in [5.74, 6) is -0.772. The van der Waals surface area contributed by atoms with E-state index in [1.54, 1.807) is 18.5 Å². The van der Waals surface area contributed by atoms with E-state index in [4.69, 9.17) is 4.74 Å². The van der Waals surface area contributed by atoms with Crippen LogP contribution in [0.5, 0.6) is 5.75 Å². The monoisotopic (exact) mass is 712 g/mol. The minimum Gasteiger partial charge on any atom is -0.494 e. The fraction of sp³-hybridized carbons (Fsp3) is 0.425. The molecule has 11 heteroatoms. The van der Waals surface area contributed by atoms with Crippen LogP contribution in [0, 0.1) is 0 Å². The van der Waals surface area contributed by atoms with E-state index >= 15 is 0 Å². The molecule has 0 saturated carbocycles. The summed E-state index contributed by atoms with van der Waals surface area (Å²) >= 11 is 1.36. The number of likely N-dealkylation sites (tertiary alicyclic amines) is 1. The van der Waals surface area contributed by atoms with Crippen LogP contribution >= 0.6 is 11.3 Å². The summed E-state index contributed by atoms with van der Waals surface area (Å²) in [6.45, 7) is 9.00. The van der Waals surface area contributed by atoms with Crippen molar-refractivity contribution in [1.82, 2.24) is 20.2 Å². The van der Waals surface area contributed by atoms with Gasteiger partial charge >= 0.3 is 5.97 Å². The molecule has 3 N–H and O–H groups in total. The lowest BCUT2D eigenvalue weighted by Crippen LogP contribution is -2.52. The van der Waals surface area contributed by atoms with Crippen molar-refractivity contribution in [3.63, 3.8) is 0 Å². The number of carbonyl (C=O) groups excluding carboxylic acids is 2. The average Bonchev–Trinajstić information content (AvgIpc) is 3.78. The SMILES string of the molecule is CCCCCCCOc1ccc(-c2cnc(-c3ccc(C[C@H](NC(=O)c4ccc(C(C)(C)C)s4)C(=O)N4C[C@H](O)C[C@H]4C(=O)O)cc3)nc2)cc1. The van der Waals surface area contributed by atoms with Gasteiger partial charge in [0.15, 0.2) is 5.82 Å². The molecule has 3 heterocycles. The van der Waals surface area contributed by atoms with Crippen molar-refractivity contribution in [3.05, 3.63) is 88.4 Å². The molecule has 0 aliphatic carbocycles. The van der Waals surface area contributed by atoms with E-state index in [0.29, 0.717) is 17.3 Å². The molecule has 0 spiro atoms. The summed E-state index contributed by atoms with van der Waals surface area (Å²) in [7, 11) is 0. The maximum Gasteiger partial charge on any atom is 0.326 e. The van der Waals surface area contributed by atoms with Gasteiger partial charge in [-0.1, -0.05) is 89.8 Å². The summed E-state index contributed by atoms with van der Waals surface area (Å²) in [4.78, 5) is 51.0. The number of benzene rings is 2. The van der Waals surface area contributed by atoms with Gasteiger partial charge in [-0.25, -0.2) is 14.8 Å². The number of unbranched alkanes of at least 4 members (excludes halogenated alkanes) is 4. The van der Waals surface area contributed by atoms with Crippen LogP contribution in [0.2, 0.25) is 0 Å². The second kappa shape index (κ2) is 17.1. The number of nitrogens with one attached hydrogen (secondary N) is 1. The average molecular weight is 713 g/mol. The highest BCUT2D eigenvalue weighted by molar-refractivity contribution is 7.14. The lowest BCUT2D eigenvalue weighted by atomic mass is 9.95. The largest absolute Gasteiger partial charge is 0.494 e. The van der Waals surface area contributed by atoms with Crippen LogP contribution < -0.4 is 10.1 Å². The molecule has 1 saturated heterocycles. The predicted molar refractivity (Wildman–Crippen MR) is 199 cm³/mol. The molecule has 270 valence electrons. The number of carboxylic acid groups (broad SMARTS) is 1. The van der Waals surface area contributed by atoms with Crippen LogP contribution in [0.3, 0.4) is 0 Å². The second-order valence-corrected chi connectivity index (χ2v) is 15.2. The minimum absolute atomic E-state index is 0.0614. The maximum atomic E-state index is 13.8. The first-order chi connectivity index (χ1) is 24.4. The summed E-state index contributed by atoms with van der Waals surface area (Å²) in [6.07, 6.45) is 8.66. The molecule has 5 rings (SSSR count). The molecule has 1 aliphatic rings. The highest BCUT2D eigenvalue weighted by Gasteiger charge is 2.41. The number of carboxylic acids is 1. The quantitative estimate of drug-likeness (QED) is 0.113. The number of carbonyl (C=O) groups is 3. The fourth-order valence-corrected chi connectivity index (χ4v) is 7.04. The van der Waals surface area contributed by atoms with E-state index in [0.717, 1.165) is 44.2 Å². The lowest BCUT2D eigenvalue weighted by molar-refractivity contribution is -0.148. The Kier molecular flexibility index (Phi) is 12.6. The third-order valence-corrected chi connectivity index (χ3v) is 10.5. The fourth-order valence-electron chi connectivity index (χ4n) is 6.08. The maximum absolute atomic E-state index is 13.8. The Labute approximate surface area is 303 Å². The number of thiophene rings is 1. The number of nitrogens with zero attached hydrogens (tertiary/aromatic N) is 3. The van der Waals surface area contributed by atoms with Gasteiger partial charge in [-0.15, -0.1) is 11.3 Å². The number of aromatic nitrogens is 2. The second-order valence-electron chi connectivity index (χ2n) is 14.2. The first-order valence-corrected chi connectivity index (χ1v) is 18.5. The molecule has 2 amide bonds. The van der Waals surface area contributed by atoms with E-state index in [2.05, 4.69) is 43.0 Å². The summed E-state index contributed by atoms with van der Waals surface area (Å²) in [5.41, 5.74) is 3.26. The highest BCUT2D eigenvalue weighted by Crippen LogP contribution is 2.30. The van der Waals surface area contributed by atoms with Gasteiger partial charge in [0.25, 0.3) is 5.91 Å². The van der Waals surface area contributed by atoms with Gasteiger partial charge in [-0.3, -0.25) is 9.59 Å². The standard InChI is InChI=1S/C40H48N4O6S/c1-5-6-7-8-9-20-50-31-16-14-27(15-17-31)29-23-41-36(42-24-29)28-12-10-26(11-13-28)21-32(38(47)44-25-30(45)22-33(44)39(48)49)43-37(46)34-18-19-35(51-34)40(2,3)4/h10-19,23-24,30,32-33,45H,5-9,20-22,25H2,1-4H3,(H,43,46)(H,48,49)/t30-,32+,33+/m1/s1. The molecule has 51 heavy (non-hydrogen) atoms. The zero-order valence-corrected chi connectivity index (χ0v) is 30.6. The summed E-state index contributed by atoms with van der Waals surface area (Å²) in [5, 5.41) is 22.8. The first kappa shape index (κ1) is 37.6. The Hall–Kier alpha value is -4.61. The molecule has 0 bridgehead atoms. The van der Waals surface area contributed by atoms with Crippen LogP contribution in [-0.4, -0.2) is 74.2 Å². The van der Waals surface area contributed by atoms with Crippen molar-refractivity contribution >= 4 is 29.1 Å². The highest BCUT2D eigenvalue weighted by atomic mass is 32.1. The number of aliphatic carboxylic acids is 1. The molecule has 1 aliphatic heterocycles. The van der Waals surface area contributed by atoms with E-state index in [1.807, 2.05) is 54.6 Å². The third-order valence-electron chi connectivity index (χ3n) is 9.03. The van der Waals surface area contributed by atoms with E-state index < -0.39 is 36.0 Å². The lowest BCUT2D eigenvalue weighted by Gasteiger charge is -2.27. The van der Waals surface area contributed by atoms with Crippen LogP contribution in [0.25, 0.3) is 22.5 Å². The van der Waals surface area contributed by atoms with Gasteiger partial charge in [0.1, 0.15) is 17.8 Å². The number of aliphatic hydroxyl groups is 1. The minimum atomic E-state index is -1.19. The van der Waals surface area contributed by atoms with E-state index in [1.165, 1.54) is 37.0 Å². The van der Waals surface area contributed by atoms with Gasteiger partial charge in [0, 0.05) is 47.8 Å². The van der Waals surface area contributed by atoms with Crippen LogP contribution in [-0.2, 0) is 21.4 Å². The predicted octanol–water partition coefficient (Wildman–Crippen LogP) is 6.91. The Morgan fingerprint density at radius 2 is 1.59 bits per heavy atom. The number of hydrogen-bond acceptors (Lipinski definition) is 8. The molecule has 10 nitrogen and oxygen atoms in total. The van der Waals surface area contributed by atoms with Crippen LogP contribution in [0.4, 0.5) is 0 Å². The van der Waals surface area contributed by atoms with Gasteiger partial charge < -0.3 is 25.2 Å². The van der Waals surface area contributed by atoms with Gasteiger partial charge in [-0.2, -0.15) is 0 Å². The molecular formula is C40H48N4O6S. The Morgan fingerprint density at radius 1 is 0.922 bits per heavy atom. The number of ether oxygens (including phenoxy) is 1.